The van der Waals surface area contributed by atoms with Gasteiger partial charge in [-0.3, -0.25) is 4.79 Å². The molecular formula is C38H35BrF5N3O6S. The molecule has 1 heterocycles. The molecule has 4 aromatic carbocycles. The predicted molar refractivity (Wildman–Crippen MR) is 194 cm³/mol. The summed E-state index contributed by atoms with van der Waals surface area (Å²) in [5.74, 6) is -11.8. The number of hydrogen-bond acceptors (Lipinski definition) is 6. The molecule has 2 aliphatic rings. The zero-order valence-electron chi connectivity index (χ0n) is 28.9. The lowest BCUT2D eigenvalue weighted by molar-refractivity contribution is -0.119. The molecule has 16 heteroatoms. The van der Waals surface area contributed by atoms with Gasteiger partial charge in [0.2, 0.25) is 15.9 Å². The molecule has 1 N–H and O–H groups in total. The van der Waals surface area contributed by atoms with Crippen LogP contribution in [0.3, 0.4) is 0 Å². The number of anilines is 2. The summed E-state index contributed by atoms with van der Waals surface area (Å²) in [6.07, 6.45) is 3.98. The van der Waals surface area contributed by atoms with E-state index < -0.39 is 73.4 Å². The van der Waals surface area contributed by atoms with E-state index in [9.17, 15) is 36.3 Å². The maximum Gasteiger partial charge on any atom is 0.335 e. The molecule has 1 saturated carbocycles. The number of carboxylic acid groups (broad SMARTS) is 1. The number of carboxylic acids is 1. The van der Waals surface area contributed by atoms with Gasteiger partial charge in [-0.1, -0.05) is 24.3 Å². The molecule has 0 unspecified atom stereocenters. The number of benzene rings is 4. The predicted octanol–water partition coefficient (Wildman–Crippen LogP) is 8.14. The molecule has 0 atom stereocenters. The summed E-state index contributed by atoms with van der Waals surface area (Å²) >= 11 is 2.53. The van der Waals surface area contributed by atoms with Crippen molar-refractivity contribution in [1.29, 1.82) is 0 Å². The maximum absolute atomic E-state index is 15.3. The van der Waals surface area contributed by atoms with Crippen molar-refractivity contribution in [2.45, 2.75) is 56.5 Å². The lowest BCUT2D eigenvalue weighted by Gasteiger charge is -2.30. The standard InChI is InChI=1S/C38H35BrF5N3O6S/c1-2-53-30-18-24(38(49)50)11-12-29(30)47(19-22-15-26(23-9-10-23)17-27(16-22)45-13-5-6-14-45)31(48)21-46(20-25-7-3-4-8-28(25)40)54(51,52)37-32(39)33(41)34(42)35(43)36(37)44/h3-4,7-8,11-12,15-18,23H,2,5-6,9-10,13-14,19-21H2,1H3,(H,49,50). The summed E-state index contributed by atoms with van der Waals surface area (Å²) in [5, 5.41) is 9.70. The van der Waals surface area contributed by atoms with E-state index in [1.165, 1.54) is 36.4 Å². The second-order valence-corrected chi connectivity index (χ2v) is 15.7. The molecule has 0 radical (unpaired) electrons. The minimum atomic E-state index is -5.45. The fourth-order valence-corrected chi connectivity index (χ4v) is 8.89. The van der Waals surface area contributed by atoms with Crippen molar-refractivity contribution < 1.29 is 49.8 Å². The van der Waals surface area contributed by atoms with Gasteiger partial charge in [0.05, 0.1) is 35.4 Å². The van der Waals surface area contributed by atoms with Crippen molar-refractivity contribution in [2.24, 2.45) is 0 Å². The van der Waals surface area contributed by atoms with Crippen molar-refractivity contribution >= 4 is 49.2 Å². The Hall–Kier alpha value is -4.54. The number of nitrogens with zero attached hydrogens (tertiary/aromatic N) is 3. The average molecular weight is 837 g/mol. The summed E-state index contributed by atoms with van der Waals surface area (Å²) in [6, 6.07) is 14.7. The van der Waals surface area contributed by atoms with Gasteiger partial charge in [0, 0.05) is 30.9 Å². The molecule has 9 nitrogen and oxygen atoms in total. The summed E-state index contributed by atoms with van der Waals surface area (Å²) in [5.41, 5.74) is 2.27. The fourth-order valence-electron chi connectivity index (χ4n) is 6.45. The van der Waals surface area contributed by atoms with Crippen LogP contribution in [0, 0.1) is 29.1 Å². The Morgan fingerprint density at radius 2 is 1.59 bits per heavy atom. The average Bonchev–Trinajstić information content (AvgIpc) is 3.85. The van der Waals surface area contributed by atoms with Crippen LogP contribution in [-0.2, 0) is 27.9 Å². The zero-order chi connectivity index (χ0) is 38.9. The highest BCUT2D eigenvalue weighted by Gasteiger charge is 2.38. The van der Waals surface area contributed by atoms with E-state index in [0.717, 1.165) is 61.0 Å². The maximum atomic E-state index is 15.3. The van der Waals surface area contributed by atoms with Crippen LogP contribution in [0.5, 0.6) is 5.75 Å². The Labute approximate surface area is 317 Å². The molecular weight excluding hydrogens is 801 g/mol. The highest BCUT2D eigenvalue weighted by atomic mass is 79.9. The number of ether oxygens (including phenoxy) is 1. The van der Waals surface area contributed by atoms with Crippen molar-refractivity contribution in [3.05, 3.63) is 116 Å². The van der Waals surface area contributed by atoms with Gasteiger partial charge in [0.15, 0.2) is 23.3 Å². The first-order valence-corrected chi connectivity index (χ1v) is 19.4. The Morgan fingerprint density at radius 1 is 0.907 bits per heavy atom. The Kier molecular flexibility index (Phi) is 11.6. The van der Waals surface area contributed by atoms with E-state index in [0.29, 0.717) is 15.8 Å². The number of sulfonamides is 1. The molecule has 286 valence electrons. The minimum Gasteiger partial charge on any atom is -0.492 e. The van der Waals surface area contributed by atoms with Crippen LogP contribution in [0.25, 0.3) is 0 Å². The van der Waals surface area contributed by atoms with Crippen LogP contribution in [-0.4, -0.2) is 55.9 Å². The number of amides is 1. The number of aromatic carboxylic acids is 1. The molecule has 1 amide bonds. The third-order valence-corrected chi connectivity index (χ3v) is 12.2. The van der Waals surface area contributed by atoms with Crippen molar-refractivity contribution in [1.82, 2.24) is 4.31 Å². The van der Waals surface area contributed by atoms with E-state index >= 15 is 8.78 Å². The molecule has 0 aromatic heterocycles. The van der Waals surface area contributed by atoms with Crippen LogP contribution < -0.4 is 14.5 Å². The molecule has 1 aliphatic carbocycles. The molecule has 1 saturated heterocycles. The third kappa shape index (κ3) is 8.10. The molecule has 0 spiro atoms. The lowest BCUT2D eigenvalue weighted by Crippen LogP contribution is -2.43. The summed E-state index contributed by atoms with van der Waals surface area (Å²) in [6.45, 7) is 1.13. The number of carbonyl (C=O) groups is 2. The zero-order valence-corrected chi connectivity index (χ0v) is 31.3. The van der Waals surface area contributed by atoms with Crippen LogP contribution in [0.4, 0.5) is 33.3 Å². The highest BCUT2D eigenvalue weighted by molar-refractivity contribution is 9.10. The third-order valence-electron chi connectivity index (χ3n) is 9.34. The topological polar surface area (TPSA) is 107 Å². The van der Waals surface area contributed by atoms with Crippen LogP contribution in [0.1, 0.15) is 65.6 Å². The molecule has 4 aromatic rings. The van der Waals surface area contributed by atoms with E-state index in [2.05, 4.69) is 26.9 Å². The van der Waals surface area contributed by atoms with Gasteiger partial charge in [-0.15, -0.1) is 0 Å². The van der Waals surface area contributed by atoms with E-state index in [1.807, 2.05) is 12.1 Å². The van der Waals surface area contributed by atoms with Gasteiger partial charge >= 0.3 is 5.97 Å². The molecule has 54 heavy (non-hydrogen) atoms. The summed E-state index contributed by atoms with van der Waals surface area (Å²) < 4.78 is 107. The fraction of sp³-hybridized carbons (Fsp3) is 0.316. The number of halogens is 6. The minimum absolute atomic E-state index is 0.0242. The van der Waals surface area contributed by atoms with Crippen LogP contribution in [0.2, 0.25) is 0 Å². The molecule has 6 rings (SSSR count). The monoisotopic (exact) mass is 835 g/mol. The van der Waals surface area contributed by atoms with Crippen molar-refractivity contribution in [2.75, 3.05) is 36.0 Å². The molecule has 2 fully saturated rings. The van der Waals surface area contributed by atoms with Gasteiger partial charge in [0.1, 0.15) is 16.5 Å². The van der Waals surface area contributed by atoms with Crippen molar-refractivity contribution in [3.8, 4) is 5.75 Å². The van der Waals surface area contributed by atoms with Gasteiger partial charge in [-0.2, -0.15) is 4.31 Å². The quantitative estimate of drug-likeness (QED) is 0.0777. The Balaban J connectivity index is 1.48. The van der Waals surface area contributed by atoms with Gasteiger partial charge in [-0.25, -0.2) is 35.2 Å². The second kappa shape index (κ2) is 16.1. The number of rotatable bonds is 14. The van der Waals surface area contributed by atoms with Gasteiger partial charge < -0.3 is 19.6 Å². The first-order valence-electron chi connectivity index (χ1n) is 17.2. The SMILES string of the molecule is CCOc1cc(C(=O)O)ccc1N(Cc1cc(C2CC2)cc(N2CCCC2)c1)C(=O)CN(Cc1ccccc1F)S(=O)(=O)c1c(F)c(F)c(F)c(F)c1Br. The Bertz CT molecular complexity index is 2190. The largest absolute Gasteiger partial charge is 0.492 e. The number of carbonyl (C=O) groups excluding carboxylic acids is 1. The summed E-state index contributed by atoms with van der Waals surface area (Å²) in [4.78, 5) is 28.3. The first-order chi connectivity index (χ1) is 25.7. The normalized spacial score (nSPS) is 14.5. The van der Waals surface area contributed by atoms with Gasteiger partial charge in [-0.05, 0) is 102 Å². The van der Waals surface area contributed by atoms with E-state index in [1.54, 1.807) is 6.92 Å². The lowest BCUT2D eigenvalue weighted by atomic mass is 10.0. The molecule has 1 aliphatic heterocycles. The van der Waals surface area contributed by atoms with Crippen molar-refractivity contribution in [3.63, 3.8) is 0 Å². The Morgan fingerprint density at radius 3 is 2.24 bits per heavy atom. The highest BCUT2D eigenvalue weighted by Crippen LogP contribution is 2.43. The second-order valence-electron chi connectivity index (χ2n) is 13.1. The van der Waals surface area contributed by atoms with Crippen LogP contribution >= 0.6 is 15.9 Å². The first kappa shape index (κ1) is 39.2. The van der Waals surface area contributed by atoms with E-state index in [4.69, 9.17) is 4.74 Å². The summed E-state index contributed by atoms with van der Waals surface area (Å²) in [7, 11) is -5.45. The smallest absolute Gasteiger partial charge is 0.335 e. The van der Waals surface area contributed by atoms with Gasteiger partial charge in [0.25, 0.3) is 0 Å². The van der Waals surface area contributed by atoms with E-state index in [-0.39, 0.29) is 35.7 Å². The number of hydrogen-bond donors (Lipinski definition) is 1. The van der Waals surface area contributed by atoms with Crippen LogP contribution in [0.15, 0.2) is 70.0 Å². The molecule has 0 bridgehead atoms.